The largest absolute Gasteiger partial charge is 0.370 e. The van der Waals surface area contributed by atoms with Crippen LogP contribution in [0.5, 0.6) is 0 Å². The first kappa shape index (κ1) is 12.0. The number of alkyl halides is 1. The van der Waals surface area contributed by atoms with Gasteiger partial charge >= 0.3 is 0 Å². The van der Waals surface area contributed by atoms with Crippen molar-refractivity contribution in [2.45, 2.75) is 16.7 Å². The Morgan fingerprint density at radius 3 is 2.42 bits per heavy atom. The summed E-state index contributed by atoms with van der Waals surface area (Å²) in [5.74, 6) is 0. The lowest BCUT2D eigenvalue weighted by Gasteiger charge is -2.10. The van der Waals surface area contributed by atoms with Crippen LogP contribution in [0.1, 0.15) is 6.42 Å². The summed E-state index contributed by atoms with van der Waals surface area (Å²) in [6.07, 6.45) is 0.0570. The van der Waals surface area contributed by atoms with E-state index < -0.39 is 20.4 Å². The van der Waals surface area contributed by atoms with E-state index in [-0.39, 0.29) is 12.7 Å². The molecule has 7 heteroatoms. The van der Waals surface area contributed by atoms with E-state index in [4.69, 9.17) is 4.55 Å². The van der Waals surface area contributed by atoms with Gasteiger partial charge in [-0.1, -0.05) is 15.9 Å². The first-order chi connectivity index (χ1) is 5.41. The van der Waals surface area contributed by atoms with E-state index in [2.05, 4.69) is 20.7 Å². The average molecular weight is 261 g/mol. The summed E-state index contributed by atoms with van der Waals surface area (Å²) in [6, 6.07) is 0. The quantitative estimate of drug-likeness (QED) is 0.434. The van der Waals surface area contributed by atoms with Crippen molar-refractivity contribution in [1.82, 2.24) is 0 Å². The van der Waals surface area contributed by atoms with Crippen molar-refractivity contribution >= 4 is 32.3 Å². The van der Waals surface area contributed by atoms with Gasteiger partial charge in [0.1, 0.15) is 16.5 Å². The summed E-state index contributed by atoms with van der Waals surface area (Å²) in [5.41, 5.74) is 0. The Bertz CT molecular complexity index is 236. The van der Waals surface area contributed by atoms with Gasteiger partial charge in [-0.15, -0.1) is 0 Å². The Kier molecular flexibility index (Phi) is 4.91. The van der Waals surface area contributed by atoms with Crippen LogP contribution in [0.15, 0.2) is 0 Å². The first-order valence-corrected chi connectivity index (χ1v) is 5.42. The lowest BCUT2D eigenvalue weighted by molar-refractivity contribution is -0.107. The highest BCUT2D eigenvalue weighted by atomic mass is 79.9. The third-order valence-corrected chi connectivity index (χ3v) is 3.02. The standard InChI is InChI=1S/C5H9BrO5S/c1-11-5(6)2-4(3-7)12(8,9)10/h3-5H,2H2,1H3,(H,8,9,10). The Morgan fingerprint density at radius 1 is 1.67 bits per heavy atom. The molecule has 0 heterocycles. The zero-order chi connectivity index (χ0) is 9.78. The van der Waals surface area contributed by atoms with E-state index >= 15 is 0 Å². The van der Waals surface area contributed by atoms with Crippen LogP contribution in [-0.4, -0.2) is 36.6 Å². The summed E-state index contributed by atoms with van der Waals surface area (Å²) in [6.45, 7) is 0. The molecule has 1 N–H and O–H groups in total. The highest BCUT2D eigenvalue weighted by molar-refractivity contribution is 9.09. The first-order valence-electron chi connectivity index (χ1n) is 3.00. The summed E-state index contributed by atoms with van der Waals surface area (Å²) in [5, 5.41) is -1.99. The van der Waals surface area contributed by atoms with E-state index in [0.29, 0.717) is 0 Å². The number of halogens is 1. The highest BCUT2D eigenvalue weighted by Gasteiger charge is 2.25. The molecule has 2 atom stereocenters. The molecule has 0 aliphatic rings. The van der Waals surface area contributed by atoms with Crippen molar-refractivity contribution in [2.75, 3.05) is 7.11 Å². The van der Waals surface area contributed by atoms with Gasteiger partial charge in [0.15, 0.2) is 0 Å². The molecule has 72 valence electrons. The van der Waals surface area contributed by atoms with E-state index in [1.54, 1.807) is 0 Å². The molecule has 0 aromatic heterocycles. The van der Waals surface area contributed by atoms with Crippen LogP contribution in [-0.2, 0) is 19.6 Å². The summed E-state index contributed by atoms with van der Waals surface area (Å²) in [4.78, 5) is 10.2. The van der Waals surface area contributed by atoms with E-state index in [9.17, 15) is 13.2 Å². The minimum absolute atomic E-state index is 0.112. The molecule has 0 aliphatic carbocycles. The van der Waals surface area contributed by atoms with Crippen LogP contribution >= 0.6 is 15.9 Å². The van der Waals surface area contributed by atoms with Gasteiger partial charge in [0.25, 0.3) is 10.1 Å². The van der Waals surface area contributed by atoms with E-state index in [1.165, 1.54) is 7.11 Å². The molecular weight excluding hydrogens is 252 g/mol. The van der Waals surface area contributed by atoms with E-state index in [0.717, 1.165) is 0 Å². The smallest absolute Gasteiger partial charge is 0.274 e. The molecule has 0 aromatic carbocycles. The molecule has 0 rings (SSSR count). The second-order valence-corrected chi connectivity index (χ2v) is 4.73. The Morgan fingerprint density at radius 2 is 2.17 bits per heavy atom. The monoisotopic (exact) mass is 260 g/mol. The fourth-order valence-electron chi connectivity index (χ4n) is 0.526. The number of carbonyl (C=O) groups is 1. The van der Waals surface area contributed by atoms with Crippen molar-refractivity contribution in [3.8, 4) is 0 Å². The molecule has 0 aliphatic heterocycles. The lowest BCUT2D eigenvalue weighted by Crippen LogP contribution is -2.25. The maximum Gasteiger partial charge on any atom is 0.274 e. The number of methoxy groups -OCH3 is 1. The lowest BCUT2D eigenvalue weighted by atomic mass is 10.3. The van der Waals surface area contributed by atoms with Crippen molar-refractivity contribution in [1.29, 1.82) is 0 Å². The number of carbonyl (C=O) groups excluding carboxylic acids is 1. The Hall–Kier alpha value is 0.0200. The van der Waals surface area contributed by atoms with Gasteiger partial charge in [0.05, 0.1) is 0 Å². The fourth-order valence-corrected chi connectivity index (χ4v) is 1.73. The number of hydrogen-bond donors (Lipinski definition) is 1. The number of aldehydes is 1. The molecule has 0 saturated carbocycles. The van der Waals surface area contributed by atoms with Gasteiger partial charge in [-0.3, -0.25) is 4.55 Å². The molecule has 0 fully saturated rings. The zero-order valence-electron chi connectivity index (χ0n) is 6.31. The zero-order valence-corrected chi connectivity index (χ0v) is 8.71. The van der Waals surface area contributed by atoms with Gasteiger partial charge in [0, 0.05) is 13.5 Å². The molecule has 0 radical (unpaired) electrons. The van der Waals surface area contributed by atoms with Crippen LogP contribution < -0.4 is 0 Å². The van der Waals surface area contributed by atoms with Crippen LogP contribution in [0.3, 0.4) is 0 Å². The predicted octanol–water partition coefficient (Wildman–Crippen LogP) is 0.199. The van der Waals surface area contributed by atoms with Gasteiger partial charge in [-0.2, -0.15) is 8.42 Å². The second-order valence-electron chi connectivity index (χ2n) is 2.07. The molecule has 12 heavy (non-hydrogen) atoms. The third kappa shape index (κ3) is 4.15. The van der Waals surface area contributed by atoms with Crippen molar-refractivity contribution < 1.29 is 22.5 Å². The molecular formula is C5H9BrO5S. The molecule has 2 unspecified atom stereocenters. The maximum absolute atomic E-state index is 10.5. The predicted molar refractivity (Wildman–Crippen MR) is 45.7 cm³/mol. The molecule has 0 spiro atoms. The van der Waals surface area contributed by atoms with Gasteiger partial charge in [-0.25, -0.2) is 0 Å². The van der Waals surface area contributed by atoms with Crippen molar-refractivity contribution in [3.63, 3.8) is 0 Å². The minimum atomic E-state index is -4.30. The Balaban J connectivity index is 4.30. The van der Waals surface area contributed by atoms with Gasteiger partial charge in [-0.05, 0) is 0 Å². The van der Waals surface area contributed by atoms with Crippen LogP contribution in [0.4, 0.5) is 0 Å². The number of rotatable bonds is 5. The van der Waals surface area contributed by atoms with Crippen LogP contribution in [0, 0.1) is 0 Å². The summed E-state index contributed by atoms with van der Waals surface area (Å²) < 4.78 is 34.1. The molecule has 0 aromatic rings. The summed E-state index contributed by atoms with van der Waals surface area (Å²) in [7, 11) is -2.95. The molecule has 0 amide bonds. The topological polar surface area (TPSA) is 80.7 Å². The third-order valence-electron chi connectivity index (χ3n) is 1.21. The van der Waals surface area contributed by atoms with Crippen LogP contribution in [0.25, 0.3) is 0 Å². The van der Waals surface area contributed by atoms with E-state index in [1.807, 2.05) is 0 Å². The molecule has 0 bridgehead atoms. The number of hydrogen-bond acceptors (Lipinski definition) is 4. The average Bonchev–Trinajstić information content (AvgIpc) is 1.97. The SMILES string of the molecule is COC(Br)CC(C=O)S(=O)(=O)O. The maximum atomic E-state index is 10.5. The summed E-state index contributed by atoms with van der Waals surface area (Å²) >= 11 is 2.95. The number of ether oxygens (including phenoxy) is 1. The van der Waals surface area contributed by atoms with Gasteiger partial charge < -0.3 is 9.53 Å². The Labute approximate surface area is 79.0 Å². The van der Waals surface area contributed by atoms with Crippen LogP contribution in [0.2, 0.25) is 0 Å². The fraction of sp³-hybridized carbons (Fsp3) is 0.800. The van der Waals surface area contributed by atoms with Crippen molar-refractivity contribution in [2.24, 2.45) is 0 Å². The highest BCUT2D eigenvalue weighted by Crippen LogP contribution is 2.12. The molecule has 5 nitrogen and oxygen atoms in total. The minimum Gasteiger partial charge on any atom is -0.370 e. The molecule has 0 saturated heterocycles. The second kappa shape index (κ2) is 4.90. The van der Waals surface area contributed by atoms with Crippen molar-refractivity contribution in [3.05, 3.63) is 0 Å². The van der Waals surface area contributed by atoms with Gasteiger partial charge in [0.2, 0.25) is 0 Å². The normalized spacial score (nSPS) is 16.9.